The molecule has 1 aromatic heterocycles. The largest absolute Gasteiger partial charge is 0.468 e. The summed E-state index contributed by atoms with van der Waals surface area (Å²) in [4.78, 5) is 0. The first-order valence-corrected chi connectivity index (χ1v) is 6.31. The van der Waals surface area contributed by atoms with E-state index in [1.165, 1.54) is 12.0 Å². The molecule has 0 aromatic carbocycles. The van der Waals surface area contributed by atoms with E-state index < -0.39 is 0 Å². The second-order valence-electron chi connectivity index (χ2n) is 3.33. The topological polar surface area (TPSA) is 25.2 Å². The van der Waals surface area contributed by atoms with Crippen LogP contribution >= 0.6 is 11.8 Å². The van der Waals surface area contributed by atoms with Gasteiger partial charge in [-0.15, -0.1) is 0 Å². The van der Waals surface area contributed by atoms with E-state index in [0.717, 1.165) is 30.4 Å². The SMILES string of the molecule is CCCNCCSCc1occc1C. The van der Waals surface area contributed by atoms with Gasteiger partial charge in [-0.25, -0.2) is 0 Å². The lowest BCUT2D eigenvalue weighted by molar-refractivity contribution is 0.528. The Bertz CT molecular complexity index is 247. The van der Waals surface area contributed by atoms with Crippen molar-refractivity contribution in [3.8, 4) is 0 Å². The van der Waals surface area contributed by atoms with Crippen molar-refractivity contribution in [1.29, 1.82) is 0 Å². The minimum absolute atomic E-state index is 0.993. The predicted octanol–water partition coefficient (Wildman–Crippen LogP) is 2.82. The monoisotopic (exact) mass is 213 g/mol. The Morgan fingerprint density at radius 3 is 2.93 bits per heavy atom. The van der Waals surface area contributed by atoms with Gasteiger partial charge in [-0.05, 0) is 31.5 Å². The summed E-state index contributed by atoms with van der Waals surface area (Å²) in [5, 5.41) is 3.38. The van der Waals surface area contributed by atoms with Crippen molar-refractivity contribution >= 4 is 11.8 Å². The van der Waals surface area contributed by atoms with Crippen LogP contribution in [0.25, 0.3) is 0 Å². The van der Waals surface area contributed by atoms with Gasteiger partial charge in [0.1, 0.15) is 5.76 Å². The van der Waals surface area contributed by atoms with Crippen LogP contribution in [0.15, 0.2) is 16.7 Å². The van der Waals surface area contributed by atoms with Crippen molar-refractivity contribution in [2.45, 2.75) is 26.0 Å². The van der Waals surface area contributed by atoms with E-state index in [1.807, 2.05) is 17.8 Å². The molecule has 1 heterocycles. The molecule has 2 nitrogen and oxygen atoms in total. The molecule has 0 atom stereocenters. The maximum atomic E-state index is 5.35. The molecular formula is C11H19NOS. The zero-order valence-corrected chi connectivity index (χ0v) is 9.82. The van der Waals surface area contributed by atoms with Gasteiger partial charge in [0, 0.05) is 12.3 Å². The number of thioether (sulfide) groups is 1. The van der Waals surface area contributed by atoms with E-state index in [2.05, 4.69) is 19.2 Å². The quantitative estimate of drug-likeness (QED) is 0.705. The molecule has 80 valence electrons. The van der Waals surface area contributed by atoms with Gasteiger partial charge in [-0.2, -0.15) is 11.8 Å². The summed E-state index contributed by atoms with van der Waals surface area (Å²) in [6, 6.07) is 2.02. The van der Waals surface area contributed by atoms with Crippen LogP contribution in [0.2, 0.25) is 0 Å². The molecule has 1 aromatic rings. The molecule has 1 rings (SSSR count). The summed E-state index contributed by atoms with van der Waals surface area (Å²) in [6.07, 6.45) is 2.97. The number of hydrogen-bond donors (Lipinski definition) is 1. The van der Waals surface area contributed by atoms with Crippen LogP contribution in [0, 0.1) is 6.92 Å². The third-order valence-electron chi connectivity index (χ3n) is 2.05. The lowest BCUT2D eigenvalue weighted by Crippen LogP contribution is -2.17. The predicted molar refractivity (Wildman–Crippen MR) is 62.8 cm³/mol. The summed E-state index contributed by atoms with van der Waals surface area (Å²) in [6.45, 7) is 6.50. The van der Waals surface area contributed by atoms with Crippen LogP contribution in [0.1, 0.15) is 24.7 Å². The molecule has 3 heteroatoms. The molecule has 0 saturated heterocycles. The normalized spacial score (nSPS) is 10.7. The van der Waals surface area contributed by atoms with Gasteiger partial charge in [0.25, 0.3) is 0 Å². The molecule has 0 radical (unpaired) electrons. The lowest BCUT2D eigenvalue weighted by Gasteiger charge is -2.02. The van der Waals surface area contributed by atoms with E-state index in [9.17, 15) is 0 Å². The van der Waals surface area contributed by atoms with E-state index in [1.54, 1.807) is 6.26 Å². The van der Waals surface area contributed by atoms with Gasteiger partial charge in [0.15, 0.2) is 0 Å². The van der Waals surface area contributed by atoms with E-state index >= 15 is 0 Å². The molecule has 0 aliphatic carbocycles. The van der Waals surface area contributed by atoms with Gasteiger partial charge >= 0.3 is 0 Å². The summed E-state index contributed by atoms with van der Waals surface area (Å²) >= 11 is 1.92. The highest BCUT2D eigenvalue weighted by molar-refractivity contribution is 7.98. The number of rotatable bonds is 7. The first kappa shape index (κ1) is 11.7. The minimum atomic E-state index is 0.993. The van der Waals surface area contributed by atoms with Gasteiger partial charge in [-0.3, -0.25) is 0 Å². The molecule has 0 aliphatic heterocycles. The third kappa shape index (κ3) is 4.20. The smallest absolute Gasteiger partial charge is 0.116 e. The first-order chi connectivity index (χ1) is 6.84. The fraction of sp³-hybridized carbons (Fsp3) is 0.636. The Balaban J connectivity index is 2.02. The zero-order valence-electron chi connectivity index (χ0n) is 9.01. The zero-order chi connectivity index (χ0) is 10.2. The van der Waals surface area contributed by atoms with Crippen molar-refractivity contribution in [3.05, 3.63) is 23.7 Å². The Morgan fingerprint density at radius 2 is 2.29 bits per heavy atom. The Kier molecular flexibility index (Phi) is 5.80. The summed E-state index contributed by atoms with van der Waals surface area (Å²) in [5.74, 6) is 3.26. The van der Waals surface area contributed by atoms with Gasteiger partial charge in [-0.1, -0.05) is 6.92 Å². The molecule has 1 N–H and O–H groups in total. The molecule has 0 bridgehead atoms. The molecule has 14 heavy (non-hydrogen) atoms. The highest BCUT2D eigenvalue weighted by atomic mass is 32.2. The maximum absolute atomic E-state index is 5.35. The number of nitrogens with one attached hydrogen (secondary N) is 1. The second kappa shape index (κ2) is 6.96. The van der Waals surface area contributed by atoms with E-state index in [0.29, 0.717) is 0 Å². The van der Waals surface area contributed by atoms with Crippen LogP contribution in [0.3, 0.4) is 0 Å². The molecule has 0 saturated carbocycles. The van der Waals surface area contributed by atoms with Crippen molar-refractivity contribution in [2.75, 3.05) is 18.8 Å². The molecule has 0 unspecified atom stereocenters. The number of aryl methyl sites for hydroxylation is 1. The second-order valence-corrected chi connectivity index (χ2v) is 4.43. The van der Waals surface area contributed by atoms with Crippen molar-refractivity contribution in [3.63, 3.8) is 0 Å². The standard InChI is InChI=1S/C11H19NOS/c1-3-5-12-6-8-14-9-11-10(2)4-7-13-11/h4,7,12H,3,5-6,8-9H2,1-2H3. The highest BCUT2D eigenvalue weighted by Gasteiger charge is 2.00. The minimum Gasteiger partial charge on any atom is -0.468 e. The fourth-order valence-corrected chi connectivity index (χ4v) is 2.08. The average Bonchev–Trinajstić information content (AvgIpc) is 2.58. The van der Waals surface area contributed by atoms with Crippen LogP contribution in [0.4, 0.5) is 0 Å². The van der Waals surface area contributed by atoms with E-state index in [-0.39, 0.29) is 0 Å². The third-order valence-corrected chi connectivity index (χ3v) is 3.01. The molecule has 0 amide bonds. The number of hydrogen-bond acceptors (Lipinski definition) is 3. The fourth-order valence-electron chi connectivity index (χ4n) is 1.16. The van der Waals surface area contributed by atoms with Gasteiger partial charge in [0.2, 0.25) is 0 Å². The molecule has 0 fully saturated rings. The average molecular weight is 213 g/mol. The van der Waals surface area contributed by atoms with Crippen molar-refractivity contribution < 1.29 is 4.42 Å². The van der Waals surface area contributed by atoms with Crippen LogP contribution in [-0.4, -0.2) is 18.8 Å². The van der Waals surface area contributed by atoms with Gasteiger partial charge in [0.05, 0.1) is 12.0 Å². The van der Waals surface area contributed by atoms with Crippen LogP contribution in [0.5, 0.6) is 0 Å². The Morgan fingerprint density at radius 1 is 1.43 bits per heavy atom. The number of furan rings is 1. The Labute approximate surface area is 90.5 Å². The van der Waals surface area contributed by atoms with Crippen LogP contribution < -0.4 is 5.32 Å². The highest BCUT2D eigenvalue weighted by Crippen LogP contribution is 2.16. The summed E-state index contributed by atoms with van der Waals surface area (Å²) < 4.78 is 5.35. The molecule has 0 spiro atoms. The van der Waals surface area contributed by atoms with Crippen LogP contribution in [-0.2, 0) is 5.75 Å². The van der Waals surface area contributed by atoms with Crippen molar-refractivity contribution in [1.82, 2.24) is 5.32 Å². The lowest BCUT2D eigenvalue weighted by atomic mass is 10.3. The summed E-state index contributed by atoms with van der Waals surface area (Å²) in [7, 11) is 0. The molecule has 0 aliphatic rings. The Hall–Kier alpha value is -0.410. The summed E-state index contributed by atoms with van der Waals surface area (Å²) in [5.41, 5.74) is 1.26. The van der Waals surface area contributed by atoms with E-state index in [4.69, 9.17) is 4.42 Å². The maximum Gasteiger partial charge on any atom is 0.116 e. The van der Waals surface area contributed by atoms with Gasteiger partial charge < -0.3 is 9.73 Å². The first-order valence-electron chi connectivity index (χ1n) is 5.16. The van der Waals surface area contributed by atoms with Crippen molar-refractivity contribution in [2.24, 2.45) is 0 Å². The molecular weight excluding hydrogens is 194 g/mol.